The molecule has 3 nitrogen and oxygen atoms in total. The van der Waals surface area contributed by atoms with E-state index in [1.165, 1.54) is 5.56 Å². The highest BCUT2D eigenvalue weighted by atomic mass is 16.5. The first kappa shape index (κ1) is 14.5. The molecular formula is C16H26N2O. The number of nitrogens with two attached hydrogens (primary N) is 1. The largest absolute Gasteiger partial charge is 0.378 e. The Hall–Kier alpha value is -0.900. The van der Waals surface area contributed by atoms with Gasteiger partial charge in [0.15, 0.2) is 0 Å². The zero-order valence-electron chi connectivity index (χ0n) is 12.1. The van der Waals surface area contributed by atoms with Gasteiger partial charge >= 0.3 is 0 Å². The normalized spacial score (nSPS) is 24.1. The number of morpholine rings is 1. The minimum absolute atomic E-state index is 0.0818. The first-order valence-electron chi connectivity index (χ1n) is 7.41. The molecule has 1 fully saturated rings. The van der Waals surface area contributed by atoms with Gasteiger partial charge in [-0.1, -0.05) is 44.2 Å². The summed E-state index contributed by atoms with van der Waals surface area (Å²) in [5, 5.41) is 0. The van der Waals surface area contributed by atoms with Crippen LogP contribution >= 0.6 is 0 Å². The van der Waals surface area contributed by atoms with E-state index in [0.29, 0.717) is 12.1 Å². The zero-order chi connectivity index (χ0) is 13.7. The van der Waals surface area contributed by atoms with Crippen molar-refractivity contribution in [3.05, 3.63) is 35.9 Å². The Morgan fingerprint density at radius 3 is 2.68 bits per heavy atom. The van der Waals surface area contributed by atoms with Crippen molar-refractivity contribution in [2.75, 3.05) is 19.8 Å². The number of hydrogen-bond acceptors (Lipinski definition) is 3. The fourth-order valence-electron chi connectivity index (χ4n) is 3.05. The van der Waals surface area contributed by atoms with Crippen LogP contribution < -0.4 is 5.73 Å². The molecule has 1 aromatic rings. The smallest absolute Gasteiger partial charge is 0.0622 e. The van der Waals surface area contributed by atoms with Crippen LogP contribution in [0.3, 0.4) is 0 Å². The standard InChI is InChI=1S/C16H26N2O/c1-3-14-12-19-11-10-18(14)15(4-2)16(17)13-8-6-5-7-9-13/h5-9,14-16H,3-4,10-12,17H2,1-2H3. The first-order valence-corrected chi connectivity index (χ1v) is 7.41. The second-order valence-electron chi connectivity index (χ2n) is 5.29. The van der Waals surface area contributed by atoms with Crippen LogP contribution in [0.25, 0.3) is 0 Å². The van der Waals surface area contributed by atoms with E-state index in [-0.39, 0.29) is 6.04 Å². The second-order valence-corrected chi connectivity index (χ2v) is 5.29. The van der Waals surface area contributed by atoms with Gasteiger partial charge in [-0.15, -0.1) is 0 Å². The second kappa shape index (κ2) is 7.04. The maximum absolute atomic E-state index is 6.52. The van der Waals surface area contributed by atoms with E-state index in [2.05, 4.69) is 43.0 Å². The fourth-order valence-corrected chi connectivity index (χ4v) is 3.05. The lowest BCUT2D eigenvalue weighted by atomic mass is 9.94. The predicted octanol–water partition coefficient (Wildman–Crippen LogP) is 2.58. The van der Waals surface area contributed by atoms with E-state index in [0.717, 1.165) is 32.6 Å². The summed E-state index contributed by atoms with van der Waals surface area (Å²) in [7, 11) is 0. The van der Waals surface area contributed by atoms with E-state index in [4.69, 9.17) is 10.5 Å². The number of hydrogen-bond donors (Lipinski definition) is 1. The fraction of sp³-hybridized carbons (Fsp3) is 0.625. The van der Waals surface area contributed by atoms with Gasteiger partial charge in [-0.05, 0) is 18.4 Å². The van der Waals surface area contributed by atoms with Crippen LogP contribution in [0.4, 0.5) is 0 Å². The molecule has 3 atom stereocenters. The minimum Gasteiger partial charge on any atom is -0.378 e. The molecule has 19 heavy (non-hydrogen) atoms. The highest BCUT2D eigenvalue weighted by Crippen LogP contribution is 2.25. The molecule has 1 saturated heterocycles. The molecule has 0 aromatic heterocycles. The Morgan fingerprint density at radius 2 is 2.05 bits per heavy atom. The van der Waals surface area contributed by atoms with Gasteiger partial charge in [0.05, 0.1) is 13.2 Å². The molecule has 1 heterocycles. The summed E-state index contributed by atoms with van der Waals surface area (Å²) >= 11 is 0. The molecule has 2 N–H and O–H groups in total. The van der Waals surface area contributed by atoms with Gasteiger partial charge in [-0.3, -0.25) is 4.90 Å². The van der Waals surface area contributed by atoms with Crippen LogP contribution in [0.5, 0.6) is 0 Å². The lowest BCUT2D eigenvalue weighted by Crippen LogP contribution is -2.53. The van der Waals surface area contributed by atoms with Crippen molar-refractivity contribution in [2.45, 2.75) is 44.8 Å². The van der Waals surface area contributed by atoms with Gasteiger partial charge in [0.2, 0.25) is 0 Å². The average Bonchev–Trinajstić information content (AvgIpc) is 2.49. The third-order valence-electron chi connectivity index (χ3n) is 4.19. The topological polar surface area (TPSA) is 38.5 Å². The van der Waals surface area contributed by atoms with Gasteiger partial charge < -0.3 is 10.5 Å². The molecule has 3 heteroatoms. The summed E-state index contributed by atoms with van der Waals surface area (Å²) in [6.07, 6.45) is 2.20. The first-order chi connectivity index (χ1) is 9.27. The van der Waals surface area contributed by atoms with Gasteiger partial charge in [-0.2, -0.15) is 0 Å². The average molecular weight is 262 g/mol. The third kappa shape index (κ3) is 3.35. The van der Waals surface area contributed by atoms with Crippen LogP contribution in [0.1, 0.15) is 38.3 Å². The van der Waals surface area contributed by atoms with Gasteiger partial charge in [0, 0.05) is 24.7 Å². The van der Waals surface area contributed by atoms with Crippen molar-refractivity contribution in [2.24, 2.45) is 5.73 Å². The summed E-state index contributed by atoms with van der Waals surface area (Å²) in [5.41, 5.74) is 7.75. The summed E-state index contributed by atoms with van der Waals surface area (Å²) < 4.78 is 5.60. The van der Waals surface area contributed by atoms with Crippen molar-refractivity contribution in [3.8, 4) is 0 Å². The quantitative estimate of drug-likeness (QED) is 0.886. The SMILES string of the molecule is CCC1COCCN1C(CC)C(N)c1ccccc1. The minimum atomic E-state index is 0.0818. The summed E-state index contributed by atoms with van der Waals surface area (Å²) in [4.78, 5) is 2.56. The molecule has 3 unspecified atom stereocenters. The van der Waals surface area contributed by atoms with E-state index >= 15 is 0 Å². The molecule has 1 aliphatic heterocycles. The van der Waals surface area contributed by atoms with Crippen LogP contribution in [0, 0.1) is 0 Å². The molecule has 0 amide bonds. The van der Waals surface area contributed by atoms with Crippen LogP contribution in [0.2, 0.25) is 0 Å². The Bertz CT molecular complexity index is 368. The number of ether oxygens (including phenoxy) is 1. The van der Waals surface area contributed by atoms with E-state index in [1.54, 1.807) is 0 Å². The molecule has 0 radical (unpaired) electrons. The lowest BCUT2D eigenvalue weighted by Gasteiger charge is -2.43. The molecule has 0 spiro atoms. The van der Waals surface area contributed by atoms with E-state index in [9.17, 15) is 0 Å². The number of nitrogens with zero attached hydrogens (tertiary/aromatic N) is 1. The Balaban J connectivity index is 2.14. The summed E-state index contributed by atoms with van der Waals surface area (Å²) in [5.74, 6) is 0. The molecule has 106 valence electrons. The van der Waals surface area contributed by atoms with Crippen molar-refractivity contribution in [3.63, 3.8) is 0 Å². The number of rotatable bonds is 5. The van der Waals surface area contributed by atoms with Crippen molar-refractivity contribution in [1.29, 1.82) is 0 Å². The van der Waals surface area contributed by atoms with Crippen molar-refractivity contribution < 1.29 is 4.74 Å². The Morgan fingerprint density at radius 1 is 1.32 bits per heavy atom. The summed E-state index contributed by atoms with van der Waals surface area (Å²) in [6.45, 7) is 7.13. The third-order valence-corrected chi connectivity index (χ3v) is 4.19. The molecular weight excluding hydrogens is 236 g/mol. The Labute approximate surface area is 116 Å². The molecule has 1 aliphatic rings. The predicted molar refractivity (Wildman–Crippen MR) is 79.1 cm³/mol. The lowest BCUT2D eigenvalue weighted by molar-refractivity contribution is -0.0360. The monoisotopic (exact) mass is 262 g/mol. The van der Waals surface area contributed by atoms with E-state index < -0.39 is 0 Å². The molecule has 0 aliphatic carbocycles. The van der Waals surface area contributed by atoms with Crippen LogP contribution in [0.15, 0.2) is 30.3 Å². The maximum atomic E-state index is 6.52. The van der Waals surface area contributed by atoms with Crippen molar-refractivity contribution >= 4 is 0 Å². The van der Waals surface area contributed by atoms with Gasteiger partial charge in [0.1, 0.15) is 0 Å². The highest BCUT2D eigenvalue weighted by Gasteiger charge is 2.31. The van der Waals surface area contributed by atoms with Crippen LogP contribution in [-0.2, 0) is 4.74 Å². The van der Waals surface area contributed by atoms with Gasteiger partial charge in [-0.25, -0.2) is 0 Å². The van der Waals surface area contributed by atoms with E-state index in [1.807, 2.05) is 6.07 Å². The highest BCUT2D eigenvalue weighted by molar-refractivity contribution is 5.20. The molecule has 1 aromatic carbocycles. The zero-order valence-corrected chi connectivity index (χ0v) is 12.1. The molecule has 0 saturated carbocycles. The van der Waals surface area contributed by atoms with Crippen molar-refractivity contribution in [1.82, 2.24) is 4.90 Å². The molecule has 2 rings (SSSR count). The Kier molecular flexibility index (Phi) is 5.37. The maximum Gasteiger partial charge on any atom is 0.0622 e. The molecule has 0 bridgehead atoms. The van der Waals surface area contributed by atoms with Gasteiger partial charge in [0.25, 0.3) is 0 Å². The summed E-state index contributed by atoms with van der Waals surface area (Å²) in [6, 6.07) is 11.4. The number of benzene rings is 1. The van der Waals surface area contributed by atoms with Crippen LogP contribution in [-0.4, -0.2) is 36.7 Å².